The largest absolute Gasteiger partial charge is 0 e. The van der Waals surface area contributed by atoms with Crippen molar-refractivity contribution in [3.8, 4) is 33.6 Å². The Bertz CT molecular complexity index is 2300. The first-order valence-corrected chi connectivity index (χ1v) is 25.6. The minimum atomic E-state index is -2.19. The van der Waals surface area contributed by atoms with E-state index in [0.717, 1.165) is 27.6 Å². The molecule has 231 valence electrons. The Hall–Kier alpha value is -3.61. The van der Waals surface area contributed by atoms with E-state index in [2.05, 4.69) is 101 Å². The van der Waals surface area contributed by atoms with E-state index < -0.39 is 28.2 Å². The first-order valence-electron chi connectivity index (χ1n) is 16.7. The molecule has 0 aliphatic carbocycles. The fourth-order valence-electron chi connectivity index (χ4n) is 6.35. The van der Waals surface area contributed by atoms with Crippen LogP contribution in [0.5, 0.6) is 0 Å². The molecular weight excluding hydrogens is 817 g/mol. The molecule has 1 radical (unpaired) electrons. The van der Waals surface area contributed by atoms with Gasteiger partial charge in [-0.25, -0.2) is 0 Å². The molecule has 0 saturated heterocycles. The van der Waals surface area contributed by atoms with Crippen LogP contribution >= 0.6 is 0 Å². The maximum absolute atomic E-state index is 7.75. The first-order chi connectivity index (χ1) is 22.8. The molecule has 7 aromatic rings. The first kappa shape index (κ1) is 28.6. The average Bonchev–Trinajstić information content (AvgIpc) is 3.57. The molecule has 8 rings (SSSR count). The molecular formula is C40H36GeIrN2OSi-2. The van der Waals surface area contributed by atoms with Crippen LogP contribution in [0, 0.1) is 19.0 Å². The standard InChI is InChI=1S/C26H20NOSi.C14H16GeN.Ir/c1-16-13-14-27-22(15-16)21-9-6-8-18-19-11-12-20-17-7-4-5-10-23(17)29(2,3)26(20)25(19)28-24(18)21;1-15(2,3)13-9-10-14(16-11-13)12-7-5-4-6-8-12;/h4-8,10-15H,1-3H3;4-7,9-11H,1-3H3;/q2*-1;/i1D3;;. The number of nitrogens with zero attached hydrogens (tertiary/aromatic N) is 2. The fourth-order valence-corrected chi connectivity index (χ4v) is 11.8. The van der Waals surface area contributed by atoms with Gasteiger partial charge >= 0.3 is 99.8 Å². The zero-order chi connectivity index (χ0) is 33.8. The maximum Gasteiger partial charge on any atom is 0 e. The second-order valence-electron chi connectivity index (χ2n) is 13.1. The number of hydrogen-bond acceptors (Lipinski definition) is 3. The molecule has 1 aliphatic heterocycles. The summed E-state index contributed by atoms with van der Waals surface area (Å²) in [4.78, 5) is 8.98. The van der Waals surface area contributed by atoms with Crippen molar-refractivity contribution >= 4 is 58.0 Å². The minimum Gasteiger partial charge on any atom is 0 e. The van der Waals surface area contributed by atoms with E-state index in [4.69, 9.17) is 8.53 Å². The summed E-state index contributed by atoms with van der Waals surface area (Å²) in [6, 6.07) is 38.8. The predicted octanol–water partition coefficient (Wildman–Crippen LogP) is 8.65. The van der Waals surface area contributed by atoms with Gasteiger partial charge in [0.05, 0.1) is 5.58 Å². The molecule has 0 unspecified atom stereocenters. The predicted molar refractivity (Wildman–Crippen MR) is 194 cm³/mol. The maximum atomic E-state index is 7.75. The number of aromatic nitrogens is 2. The van der Waals surface area contributed by atoms with Crippen LogP contribution in [0.1, 0.15) is 9.68 Å². The molecule has 0 saturated carbocycles. The smallest absolute Gasteiger partial charge is 0 e. The van der Waals surface area contributed by atoms with Crippen molar-refractivity contribution in [1.82, 2.24) is 9.97 Å². The second kappa shape index (κ2) is 12.5. The Labute approximate surface area is 293 Å². The van der Waals surface area contributed by atoms with Crippen molar-refractivity contribution in [3.63, 3.8) is 0 Å². The summed E-state index contributed by atoms with van der Waals surface area (Å²) in [7, 11) is -1.93. The molecule has 0 spiro atoms. The van der Waals surface area contributed by atoms with Crippen LogP contribution in [-0.2, 0) is 20.1 Å². The Morgan fingerprint density at radius 3 is 2.30 bits per heavy atom. The SMILES string of the molecule is [2H]C([2H])([2H])c1ccnc(-c2[c-]ccc3c2oc2c4c(ccc23)-c2ccccc2[Si]4(C)C)c1.[CH3][Ge]([CH3])([CH3])[c]1ccc(-c2[c-]cccc2)nc1.[Ir]. The monoisotopic (exact) mass is 858 g/mol. The summed E-state index contributed by atoms with van der Waals surface area (Å²) < 4.78 is 31.3. The van der Waals surface area contributed by atoms with Crippen LogP contribution in [0.25, 0.3) is 55.6 Å². The van der Waals surface area contributed by atoms with E-state index in [9.17, 15) is 0 Å². The van der Waals surface area contributed by atoms with Crippen molar-refractivity contribution < 1.29 is 28.6 Å². The Kier molecular flexibility index (Phi) is 7.79. The van der Waals surface area contributed by atoms with Gasteiger partial charge in [0.1, 0.15) is 13.7 Å². The zero-order valence-electron chi connectivity index (χ0n) is 29.5. The van der Waals surface area contributed by atoms with Gasteiger partial charge in [-0.1, -0.05) is 72.1 Å². The second-order valence-corrected chi connectivity index (χ2v) is 28.1. The van der Waals surface area contributed by atoms with Crippen molar-refractivity contribution in [2.75, 3.05) is 0 Å². The Balaban J connectivity index is 0.000000208. The van der Waals surface area contributed by atoms with Crippen LogP contribution in [0.2, 0.25) is 30.4 Å². The average molecular weight is 857 g/mol. The molecule has 6 heteroatoms. The van der Waals surface area contributed by atoms with Gasteiger partial charge in [-0.15, -0.1) is 18.2 Å². The van der Waals surface area contributed by atoms with Crippen LogP contribution in [-0.4, -0.2) is 31.3 Å². The van der Waals surface area contributed by atoms with Gasteiger partial charge in [0.25, 0.3) is 0 Å². The van der Waals surface area contributed by atoms with Gasteiger partial charge in [-0.05, 0) is 40.1 Å². The fraction of sp³-hybridized carbons (Fsp3) is 0.150. The van der Waals surface area contributed by atoms with Gasteiger partial charge in [-0.2, -0.15) is 0 Å². The Morgan fingerprint density at radius 1 is 0.761 bits per heavy atom. The van der Waals surface area contributed by atoms with E-state index in [-0.39, 0.29) is 25.7 Å². The summed E-state index contributed by atoms with van der Waals surface area (Å²) >= 11 is -1.72. The number of hydrogen-bond donors (Lipinski definition) is 0. The third-order valence-corrected chi connectivity index (χ3v) is 16.5. The van der Waals surface area contributed by atoms with E-state index in [1.165, 1.54) is 38.2 Å². The van der Waals surface area contributed by atoms with E-state index in [1.807, 2.05) is 42.6 Å². The normalized spacial score (nSPS) is 14.2. The number of benzene rings is 4. The minimum absolute atomic E-state index is 0. The summed E-state index contributed by atoms with van der Waals surface area (Å²) in [6.45, 7) is 2.55. The van der Waals surface area contributed by atoms with Crippen LogP contribution in [0.3, 0.4) is 0 Å². The molecule has 0 atom stereocenters. The molecule has 1 aliphatic rings. The summed E-state index contributed by atoms with van der Waals surface area (Å²) in [6.07, 6.45) is 3.58. The number of rotatable bonds is 3. The molecule has 4 heterocycles. The molecule has 4 aromatic carbocycles. The molecule has 0 N–H and O–H groups in total. The molecule has 0 amide bonds. The number of furan rings is 1. The van der Waals surface area contributed by atoms with Crippen molar-refractivity contribution in [3.05, 3.63) is 127 Å². The van der Waals surface area contributed by atoms with E-state index >= 15 is 0 Å². The van der Waals surface area contributed by atoms with E-state index in [1.54, 1.807) is 6.07 Å². The third kappa shape index (κ3) is 5.75. The van der Waals surface area contributed by atoms with E-state index in [0.29, 0.717) is 16.8 Å². The van der Waals surface area contributed by atoms with Crippen LogP contribution < -0.4 is 14.8 Å². The quantitative estimate of drug-likeness (QED) is 0.132. The van der Waals surface area contributed by atoms with Crippen molar-refractivity contribution in [2.24, 2.45) is 0 Å². The zero-order valence-corrected chi connectivity index (χ0v) is 32.0. The molecule has 3 nitrogen and oxygen atoms in total. The van der Waals surface area contributed by atoms with Gasteiger partial charge in [0, 0.05) is 35.8 Å². The summed E-state index contributed by atoms with van der Waals surface area (Å²) in [5.74, 6) is 7.14. The molecule has 0 bridgehead atoms. The molecule has 3 aromatic heterocycles. The molecule has 0 fully saturated rings. The third-order valence-electron chi connectivity index (χ3n) is 8.75. The van der Waals surface area contributed by atoms with Crippen molar-refractivity contribution in [1.29, 1.82) is 0 Å². The number of fused-ring (bicyclic) bond motifs is 7. The van der Waals surface area contributed by atoms with Gasteiger partial charge in [0.2, 0.25) is 0 Å². The van der Waals surface area contributed by atoms with Gasteiger partial charge in [0.15, 0.2) is 0 Å². The molecule has 46 heavy (non-hydrogen) atoms. The Morgan fingerprint density at radius 2 is 1.57 bits per heavy atom. The summed E-state index contributed by atoms with van der Waals surface area (Å²) in [5.41, 5.74) is 7.77. The number of aryl methyl sites for hydroxylation is 1. The van der Waals surface area contributed by atoms with Crippen molar-refractivity contribution in [2.45, 2.75) is 37.2 Å². The van der Waals surface area contributed by atoms with Crippen LogP contribution in [0.15, 0.2) is 114 Å². The van der Waals surface area contributed by atoms with Gasteiger partial charge < -0.3 is 9.40 Å². The number of pyridine rings is 2. The topological polar surface area (TPSA) is 38.9 Å². The van der Waals surface area contributed by atoms with Gasteiger partial charge in [-0.3, -0.25) is 0 Å². The summed E-state index contributed by atoms with van der Waals surface area (Å²) in [5, 5.41) is 4.83. The van der Waals surface area contributed by atoms with Crippen LogP contribution in [0.4, 0.5) is 0 Å².